The third-order valence-corrected chi connectivity index (χ3v) is 3.46. The van der Waals surface area contributed by atoms with Crippen LogP contribution in [-0.4, -0.2) is 20.4 Å². The molecular formula is C18H14O6. The van der Waals surface area contributed by atoms with Crippen LogP contribution in [0.15, 0.2) is 57.7 Å². The Morgan fingerprint density at radius 3 is 2.38 bits per heavy atom. The van der Waals surface area contributed by atoms with Gasteiger partial charge in [-0.15, -0.1) is 0 Å². The Balaban J connectivity index is 2.24. The van der Waals surface area contributed by atoms with Crippen molar-refractivity contribution < 1.29 is 23.4 Å². The molecule has 6 heteroatoms. The molecule has 3 rings (SSSR count). The van der Waals surface area contributed by atoms with E-state index in [1.807, 2.05) is 0 Å². The predicted octanol–water partition coefficient (Wildman–Crippen LogP) is 3.61. The summed E-state index contributed by atoms with van der Waals surface area (Å²) in [5.74, 6) is 0.579. The number of hydrogen-bond acceptors (Lipinski definition) is 6. The highest BCUT2D eigenvalue weighted by Crippen LogP contribution is 2.32. The lowest BCUT2D eigenvalue weighted by Gasteiger charge is -2.10. The molecule has 0 radical (unpaired) electrons. The summed E-state index contributed by atoms with van der Waals surface area (Å²) in [7, 11) is 2.72. The van der Waals surface area contributed by atoms with E-state index in [0.717, 1.165) is 7.11 Å². The first-order valence-corrected chi connectivity index (χ1v) is 7.10. The van der Waals surface area contributed by atoms with Gasteiger partial charge >= 0.3 is 6.16 Å². The molecule has 122 valence electrons. The number of benzene rings is 2. The highest BCUT2D eigenvalue weighted by atomic mass is 16.7. The van der Waals surface area contributed by atoms with Gasteiger partial charge < -0.3 is 18.6 Å². The van der Waals surface area contributed by atoms with E-state index in [2.05, 4.69) is 4.74 Å². The standard InChI is InChI=1S/C18H14O6/c1-21-12-9-7-11(8-10-12)16-17(24-18(20)22-2)15(19)13-5-3-4-6-14(13)23-16/h3-10H,1-2H3. The summed E-state index contributed by atoms with van der Waals surface area (Å²) < 4.78 is 20.5. The van der Waals surface area contributed by atoms with E-state index < -0.39 is 11.6 Å². The first kappa shape index (κ1) is 15.6. The summed E-state index contributed by atoms with van der Waals surface area (Å²) in [4.78, 5) is 24.2. The Labute approximate surface area is 137 Å². The van der Waals surface area contributed by atoms with Crippen molar-refractivity contribution in [1.82, 2.24) is 0 Å². The van der Waals surface area contributed by atoms with E-state index in [1.165, 1.54) is 0 Å². The zero-order valence-electron chi connectivity index (χ0n) is 13.1. The summed E-state index contributed by atoms with van der Waals surface area (Å²) in [5, 5.41) is 0.314. The Hall–Kier alpha value is -3.28. The molecule has 0 atom stereocenters. The minimum Gasteiger partial charge on any atom is -0.497 e. The molecule has 1 heterocycles. The fourth-order valence-electron chi connectivity index (χ4n) is 2.28. The topological polar surface area (TPSA) is 75.0 Å². The van der Waals surface area contributed by atoms with Gasteiger partial charge in [0.1, 0.15) is 11.3 Å². The highest BCUT2D eigenvalue weighted by Gasteiger charge is 2.20. The van der Waals surface area contributed by atoms with Crippen LogP contribution in [0.2, 0.25) is 0 Å². The largest absolute Gasteiger partial charge is 0.513 e. The molecule has 0 unspecified atom stereocenters. The van der Waals surface area contributed by atoms with E-state index in [1.54, 1.807) is 55.6 Å². The van der Waals surface area contributed by atoms with Gasteiger partial charge in [0.2, 0.25) is 11.2 Å². The fourth-order valence-corrected chi connectivity index (χ4v) is 2.28. The summed E-state index contributed by atoms with van der Waals surface area (Å²) in [6.07, 6.45) is -0.993. The van der Waals surface area contributed by atoms with Crippen molar-refractivity contribution in [3.05, 3.63) is 58.8 Å². The van der Waals surface area contributed by atoms with Crippen molar-refractivity contribution in [2.45, 2.75) is 0 Å². The fraction of sp³-hybridized carbons (Fsp3) is 0.111. The van der Waals surface area contributed by atoms with Crippen molar-refractivity contribution in [3.8, 4) is 22.8 Å². The van der Waals surface area contributed by atoms with Crippen molar-refractivity contribution in [3.63, 3.8) is 0 Å². The lowest BCUT2D eigenvalue weighted by Crippen LogP contribution is -2.15. The molecule has 24 heavy (non-hydrogen) atoms. The maximum absolute atomic E-state index is 12.7. The summed E-state index contributed by atoms with van der Waals surface area (Å²) in [6, 6.07) is 13.6. The molecule has 0 N–H and O–H groups in total. The average Bonchev–Trinajstić information content (AvgIpc) is 2.64. The smallest absolute Gasteiger partial charge is 0.497 e. The van der Waals surface area contributed by atoms with Gasteiger partial charge in [-0.1, -0.05) is 12.1 Å². The van der Waals surface area contributed by atoms with E-state index in [0.29, 0.717) is 22.3 Å². The Bertz CT molecular complexity index is 940. The molecular weight excluding hydrogens is 312 g/mol. The molecule has 3 aromatic rings. The van der Waals surface area contributed by atoms with Crippen LogP contribution in [0.3, 0.4) is 0 Å². The Morgan fingerprint density at radius 1 is 1.00 bits per heavy atom. The first-order valence-electron chi connectivity index (χ1n) is 7.10. The minimum atomic E-state index is -0.993. The van der Waals surface area contributed by atoms with E-state index in [9.17, 15) is 9.59 Å². The van der Waals surface area contributed by atoms with Crippen LogP contribution in [-0.2, 0) is 4.74 Å². The molecule has 0 fully saturated rings. The molecule has 0 aliphatic heterocycles. The van der Waals surface area contributed by atoms with Gasteiger partial charge in [0, 0.05) is 5.56 Å². The molecule has 0 saturated heterocycles. The second kappa shape index (κ2) is 6.45. The first-order chi connectivity index (χ1) is 11.6. The summed E-state index contributed by atoms with van der Waals surface area (Å²) in [5.41, 5.74) is 0.510. The normalized spacial score (nSPS) is 10.4. The maximum atomic E-state index is 12.7. The van der Waals surface area contributed by atoms with Gasteiger partial charge in [0.05, 0.1) is 19.6 Å². The quantitative estimate of drug-likeness (QED) is 0.684. The Kier molecular flexibility index (Phi) is 4.20. The molecule has 0 saturated carbocycles. The van der Waals surface area contributed by atoms with Crippen molar-refractivity contribution in [1.29, 1.82) is 0 Å². The third-order valence-electron chi connectivity index (χ3n) is 3.46. The number of hydrogen-bond donors (Lipinski definition) is 0. The van der Waals surface area contributed by atoms with Crippen LogP contribution in [0.25, 0.3) is 22.3 Å². The lowest BCUT2D eigenvalue weighted by atomic mass is 10.1. The molecule has 0 bridgehead atoms. The van der Waals surface area contributed by atoms with Gasteiger partial charge in [-0.2, -0.15) is 0 Å². The highest BCUT2D eigenvalue weighted by molar-refractivity contribution is 5.83. The molecule has 0 aliphatic carbocycles. The number of carbonyl (C=O) groups excluding carboxylic acids is 1. The number of methoxy groups -OCH3 is 2. The number of fused-ring (bicyclic) bond motifs is 1. The SMILES string of the molecule is COC(=O)Oc1c(-c2ccc(OC)cc2)oc2ccccc2c1=O. The minimum absolute atomic E-state index is 0.145. The van der Waals surface area contributed by atoms with Crippen LogP contribution in [0.1, 0.15) is 0 Å². The summed E-state index contributed by atoms with van der Waals surface area (Å²) in [6.45, 7) is 0. The monoisotopic (exact) mass is 326 g/mol. The molecule has 6 nitrogen and oxygen atoms in total. The zero-order chi connectivity index (χ0) is 17.1. The third kappa shape index (κ3) is 2.81. The molecule has 0 amide bonds. The van der Waals surface area contributed by atoms with Crippen molar-refractivity contribution in [2.75, 3.05) is 14.2 Å². The zero-order valence-corrected chi connectivity index (χ0v) is 13.1. The van der Waals surface area contributed by atoms with E-state index >= 15 is 0 Å². The number of carbonyl (C=O) groups is 1. The van der Waals surface area contributed by atoms with Crippen LogP contribution < -0.4 is 14.9 Å². The lowest BCUT2D eigenvalue weighted by molar-refractivity contribution is 0.120. The average molecular weight is 326 g/mol. The van der Waals surface area contributed by atoms with Gasteiger partial charge in [0.25, 0.3) is 0 Å². The van der Waals surface area contributed by atoms with Crippen LogP contribution in [0.4, 0.5) is 4.79 Å². The number of rotatable bonds is 3. The van der Waals surface area contributed by atoms with Gasteiger partial charge in [-0.25, -0.2) is 4.79 Å². The number of para-hydroxylation sites is 1. The molecule has 2 aromatic carbocycles. The van der Waals surface area contributed by atoms with Crippen molar-refractivity contribution in [2.24, 2.45) is 0 Å². The van der Waals surface area contributed by atoms with E-state index in [4.69, 9.17) is 13.9 Å². The van der Waals surface area contributed by atoms with Gasteiger partial charge in [0.15, 0.2) is 5.76 Å². The second-order valence-electron chi connectivity index (χ2n) is 4.87. The van der Waals surface area contributed by atoms with Gasteiger partial charge in [-0.05, 0) is 36.4 Å². The maximum Gasteiger partial charge on any atom is 0.513 e. The molecule has 1 aromatic heterocycles. The van der Waals surface area contributed by atoms with Gasteiger partial charge in [-0.3, -0.25) is 4.79 Å². The molecule has 0 aliphatic rings. The van der Waals surface area contributed by atoms with E-state index in [-0.39, 0.29) is 11.5 Å². The summed E-state index contributed by atoms with van der Waals surface area (Å²) >= 11 is 0. The Morgan fingerprint density at radius 2 is 1.71 bits per heavy atom. The van der Waals surface area contributed by atoms with Crippen LogP contribution in [0, 0.1) is 0 Å². The second-order valence-corrected chi connectivity index (χ2v) is 4.87. The van der Waals surface area contributed by atoms with Crippen LogP contribution in [0.5, 0.6) is 11.5 Å². The van der Waals surface area contributed by atoms with Crippen molar-refractivity contribution >= 4 is 17.1 Å². The van der Waals surface area contributed by atoms with Crippen LogP contribution >= 0.6 is 0 Å². The molecule has 0 spiro atoms. The predicted molar refractivity (Wildman–Crippen MR) is 87.5 cm³/mol. The number of ether oxygens (including phenoxy) is 3.